The molecule has 3 N–H and O–H groups in total. The average molecular weight is 431 g/mol. The number of nitrogens with one attached hydrogen (secondary N) is 1. The molecule has 0 spiro atoms. The first-order valence-corrected chi connectivity index (χ1v) is 11.7. The van der Waals surface area contributed by atoms with Crippen molar-refractivity contribution in [3.8, 4) is 0 Å². The maximum absolute atomic E-state index is 12.8. The quantitative estimate of drug-likeness (QED) is 0.731. The molecule has 8 heteroatoms. The average Bonchev–Trinajstić information content (AvgIpc) is 2.73. The van der Waals surface area contributed by atoms with Gasteiger partial charge in [0.25, 0.3) is 0 Å². The number of benzene rings is 2. The van der Waals surface area contributed by atoms with Gasteiger partial charge in [-0.15, -0.1) is 0 Å². The van der Waals surface area contributed by atoms with Crippen molar-refractivity contribution in [3.63, 3.8) is 0 Å². The van der Waals surface area contributed by atoms with Gasteiger partial charge in [0.05, 0.1) is 17.0 Å². The third kappa shape index (κ3) is 5.19. The van der Waals surface area contributed by atoms with Crippen LogP contribution in [-0.4, -0.2) is 51.4 Å². The number of aryl methyl sites for hydroxylation is 1. The molecule has 7 nitrogen and oxygen atoms in total. The highest BCUT2D eigenvalue weighted by Crippen LogP contribution is 2.21. The Hall–Kier alpha value is -2.42. The van der Waals surface area contributed by atoms with E-state index in [1.807, 2.05) is 32.0 Å². The summed E-state index contributed by atoms with van der Waals surface area (Å²) in [5, 5.41) is 8.29. The van der Waals surface area contributed by atoms with Crippen LogP contribution in [0.15, 0.2) is 53.4 Å². The summed E-state index contributed by atoms with van der Waals surface area (Å²) in [6.45, 7) is 9.04. The molecule has 30 heavy (non-hydrogen) atoms. The zero-order valence-electron chi connectivity index (χ0n) is 17.7. The number of hydrogen-bond donors (Lipinski definition) is 2. The summed E-state index contributed by atoms with van der Waals surface area (Å²) >= 11 is 0. The molecular formula is C22H30N4O3S. The van der Waals surface area contributed by atoms with Crippen LogP contribution >= 0.6 is 0 Å². The van der Waals surface area contributed by atoms with Gasteiger partial charge in [0.1, 0.15) is 0 Å². The molecule has 2 unspecified atom stereocenters. The number of amides is 1. The van der Waals surface area contributed by atoms with Gasteiger partial charge in [-0.2, -0.15) is 0 Å². The van der Waals surface area contributed by atoms with Gasteiger partial charge < -0.3 is 10.2 Å². The Balaban J connectivity index is 1.55. The smallest absolute Gasteiger partial charge is 0.238 e. The number of hydrogen-bond acceptors (Lipinski definition) is 5. The lowest BCUT2D eigenvalue weighted by Gasteiger charge is -2.38. The zero-order valence-corrected chi connectivity index (χ0v) is 18.5. The molecule has 1 amide bonds. The molecule has 1 aliphatic rings. The van der Waals surface area contributed by atoms with Gasteiger partial charge in [0, 0.05) is 31.9 Å². The lowest BCUT2D eigenvalue weighted by atomic mass is 10.0. The largest absolute Gasteiger partial charge is 0.369 e. The van der Waals surface area contributed by atoms with Crippen LogP contribution in [-0.2, 0) is 14.8 Å². The predicted octanol–water partition coefficient (Wildman–Crippen LogP) is 2.03. The number of piperazine rings is 1. The van der Waals surface area contributed by atoms with Crippen molar-refractivity contribution in [1.82, 2.24) is 10.2 Å². The molecule has 0 aliphatic carbocycles. The van der Waals surface area contributed by atoms with Crippen molar-refractivity contribution >= 4 is 21.6 Å². The highest BCUT2D eigenvalue weighted by atomic mass is 32.2. The Kier molecular flexibility index (Phi) is 6.80. The Morgan fingerprint density at radius 3 is 2.17 bits per heavy atom. The van der Waals surface area contributed by atoms with Crippen molar-refractivity contribution in [2.75, 3.05) is 31.1 Å². The first kappa shape index (κ1) is 22.3. The lowest BCUT2D eigenvalue weighted by molar-refractivity contribution is -0.126. The van der Waals surface area contributed by atoms with Crippen molar-refractivity contribution in [1.29, 1.82) is 0 Å². The van der Waals surface area contributed by atoms with Crippen molar-refractivity contribution in [2.45, 2.75) is 37.8 Å². The van der Waals surface area contributed by atoms with Gasteiger partial charge in [-0.05, 0) is 56.2 Å². The summed E-state index contributed by atoms with van der Waals surface area (Å²) in [5.74, 6) is 0.0247. The van der Waals surface area contributed by atoms with E-state index in [0.29, 0.717) is 0 Å². The van der Waals surface area contributed by atoms with Crippen LogP contribution in [0.3, 0.4) is 0 Å². The number of anilines is 1. The van der Waals surface area contributed by atoms with E-state index in [2.05, 4.69) is 28.1 Å². The second-order valence-electron chi connectivity index (χ2n) is 7.82. The SMILES string of the molecule is Cc1ccccc1C(C)NC(=O)C(C)N1CCN(c2ccc(S(N)(=O)=O)cc2)CC1. The van der Waals surface area contributed by atoms with Crippen LogP contribution in [0.25, 0.3) is 0 Å². The summed E-state index contributed by atoms with van der Waals surface area (Å²) in [6, 6.07) is 14.4. The number of nitrogens with zero attached hydrogens (tertiary/aromatic N) is 2. The van der Waals surface area contributed by atoms with E-state index < -0.39 is 10.0 Å². The molecule has 2 aromatic rings. The van der Waals surface area contributed by atoms with Gasteiger partial charge in [0.2, 0.25) is 15.9 Å². The fraction of sp³-hybridized carbons (Fsp3) is 0.409. The molecule has 162 valence electrons. The third-order valence-corrected chi connectivity index (χ3v) is 6.71. The van der Waals surface area contributed by atoms with Crippen molar-refractivity contribution in [2.24, 2.45) is 5.14 Å². The summed E-state index contributed by atoms with van der Waals surface area (Å²) in [7, 11) is -3.68. The lowest BCUT2D eigenvalue weighted by Crippen LogP contribution is -2.54. The van der Waals surface area contributed by atoms with E-state index in [1.165, 1.54) is 17.7 Å². The van der Waals surface area contributed by atoms with E-state index in [0.717, 1.165) is 37.4 Å². The Morgan fingerprint density at radius 1 is 1.00 bits per heavy atom. The van der Waals surface area contributed by atoms with Gasteiger partial charge in [0.15, 0.2) is 0 Å². The van der Waals surface area contributed by atoms with Crippen molar-refractivity contribution in [3.05, 3.63) is 59.7 Å². The summed E-state index contributed by atoms with van der Waals surface area (Å²) in [5.41, 5.74) is 3.25. The molecule has 0 saturated carbocycles. The van der Waals surface area contributed by atoms with Crippen LogP contribution in [0.1, 0.15) is 31.0 Å². The maximum Gasteiger partial charge on any atom is 0.238 e. The molecule has 0 bridgehead atoms. The van der Waals surface area contributed by atoms with Gasteiger partial charge in [-0.1, -0.05) is 24.3 Å². The minimum absolute atomic E-state index is 0.0247. The molecule has 2 aromatic carbocycles. The number of rotatable bonds is 6. The standard InChI is InChI=1S/C22H30N4O3S/c1-16-6-4-5-7-21(16)17(2)24-22(27)18(3)25-12-14-26(15-13-25)19-8-10-20(11-9-19)30(23,28)29/h4-11,17-18H,12-15H2,1-3H3,(H,24,27)(H2,23,28,29). The number of nitrogens with two attached hydrogens (primary N) is 1. The normalized spacial score (nSPS) is 17.4. The van der Waals surface area contributed by atoms with E-state index in [9.17, 15) is 13.2 Å². The van der Waals surface area contributed by atoms with Crippen LogP contribution in [0.4, 0.5) is 5.69 Å². The Labute approximate surface area is 178 Å². The summed E-state index contributed by atoms with van der Waals surface area (Å²) in [4.78, 5) is 17.3. The molecule has 2 atom stereocenters. The van der Waals surface area contributed by atoms with Gasteiger partial charge >= 0.3 is 0 Å². The molecule has 3 rings (SSSR count). The molecule has 0 aromatic heterocycles. The minimum Gasteiger partial charge on any atom is -0.369 e. The molecule has 1 heterocycles. The molecular weight excluding hydrogens is 400 g/mol. The van der Waals surface area contributed by atoms with E-state index in [1.54, 1.807) is 12.1 Å². The fourth-order valence-electron chi connectivity index (χ4n) is 3.86. The van der Waals surface area contributed by atoms with Crippen LogP contribution in [0, 0.1) is 6.92 Å². The van der Waals surface area contributed by atoms with Crippen LogP contribution < -0.4 is 15.4 Å². The fourth-order valence-corrected chi connectivity index (χ4v) is 4.38. The van der Waals surface area contributed by atoms with E-state index in [-0.39, 0.29) is 22.9 Å². The maximum atomic E-state index is 12.8. The first-order valence-electron chi connectivity index (χ1n) is 10.1. The molecule has 0 radical (unpaired) electrons. The van der Waals surface area contributed by atoms with Gasteiger partial charge in [-0.3, -0.25) is 9.69 Å². The van der Waals surface area contributed by atoms with E-state index in [4.69, 9.17) is 5.14 Å². The second kappa shape index (κ2) is 9.16. The van der Waals surface area contributed by atoms with Crippen LogP contribution in [0.5, 0.6) is 0 Å². The highest BCUT2D eigenvalue weighted by molar-refractivity contribution is 7.89. The Morgan fingerprint density at radius 2 is 1.60 bits per heavy atom. The topological polar surface area (TPSA) is 95.7 Å². The monoisotopic (exact) mass is 430 g/mol. The van der Waals surface area contributed by atoms with E-state index >= 15 is 0 Å². The number of primary sulfonamides is 1. The first-order chi connectivity index (χ1) is 14.2. The molecule has 1 aliphatic heterocycles. The predicted molar refractivity (Wildman–Crippen MR) is 119 cm³/mol. The third-order valence-electron chi connectivity index (χ3n) is 5.79. The molecule has 1 fully saturated rings. The number of carbonyl (C=O) groups excluding carboxylic acids is 1. The summed E-state index contributed by atoms with van der Waals surface area (Å²) < 4.78 is 22.8. The minimum atomic E-state index is -3.68. The molecule has 1 saturated heterocycles. The zero-order chi connectivity index (χ0) is 21.9. The number of carbonyl (C=O) groups is 1. The number of sulfonamides is 1. The van der Waals surface area contributed by atoms with Crippen molar-refractivity contribution < 1.29 is 13.2 Å². The highest BCUT2D eigenvalue weighted by Gasteiger charge is 2.27. The van der Waals surface area contributed by atoms with Gasteiger partial charge in [-0.25, -0.2) is 13.6 Å². The Bertz CT molecular complexity index is 984. The summed E-state index contributed by atoms with van der Waals surface area (Å²) in [6.07, 6.45) is 0. The van der Waals surface area contributed by atoms with Crippen LogP contribution in [0.2, 0.25) is 0 Å². The second-order valence-corrected chi connectivity index (χ2v) is 9.39.